The summed E-state index contributed by atoms with van der Waals surface area (Å²) in [4.78, 5) is 20.6. The number of nitrogens with zero attached hydrogens (tertiary/aromatic N) is 2. The van der Waals surface area contributed by atoms with Crippen LogP contribution < -0.4 is 5.73 Å². The highest BCUT2D eigenvalue weighted by atomic mass is 79.9. The van der Waals surface area contributed by atoms with Crippen LogP contribution in [0.2, 0.25) is 0 Å². The Hall–Kier alpha value is -1.49. The molecular weight excluding hydrogens is 294 g/mol. The van der Waals surface area contributed by atoms with Gasteiger partial charge in [-0.15, -0.1) is 0 Å². The second-order valence-corrected chi connectivity index (χ2v) is 4.82. The Kier molecular flexibility index (Phi) is 4.25. The number of hydrogen-bond donors (Lipinski definition) is 1. The smallest absolute Gasteiger partial charge is 0.167 e. The highest BCUT2D eigenvalue weighted by Gasteiger charge is 2.14. The lowest BCUT2D eigenvalue weighted by molar-refractivity contribution is 0.0982. The van der Waals surface area contributed by atoms with Crippen LogP contribution in [0.25, 0.3) is 11.0 Å². The third-order valence-corrected chi connectivity index (χ3v) is 3.30. The van der Waals surface area contributed by atoms with Gasteiger partial charge in [0.1, 0.15) is 5.52 Å². The van der Waals surface area contributed by atoms with E-state index in [4.69, 9.17) is 5.73 Å². The van der Waals surface area contributed by atoms with Gasteiger partial charge in [-0.1, -0.05) is 15.9 Å². The molecule has 2 aromatic rings. The molecule has 0 fully saturated rings. The minimum Gasteiger partial charge on any atom is -0.398 e. The molecule has 1 aromatic heterocycles. The third-order valence-electron chi connectivity index (χ3n) is 2.74. The number of anilines is 1. The highest BCUT2D eigenvalue weighted by molar-refractivity contribution is 9.09. The van der Waals surface area contributed by atoms with Gasteiger partial charge in [0.25, 0.3) is 0 Å². The fourth-order valence-corrected chi connectivity index (χ4v) is 2.25. The maximum absolute atomic E-state index is 12.2. The summed E-state index contributed by atoms with van der Waals surface area (Å²) in [7, 11) is 0. The van der Waals surface area contributed by atoms with Gasteiger partial charge in [-0.3, -0.25) is 14.8 Å². The van der Waals surface area contributed by atoms with Crippen LogP contribution in [-0.4, -0.2) is 21.1 Å². The molecule has 0 atom stereocenters. The van der Waals surface area contributed by atoms with Gasteiger partial charge in [0.15, 0.2) is 5.78 Å². The number of carbonyl (C=O) groups is 1. The molecule has 18 heavy (non-hydrogen) atoms. The van der Waals surface area contributed by atoms with Crippen molar-refractivity contribution < 1.29 is 4.79 Å². The maximum Gasteiger partial charge on any atom is 0.167 e. The molecule has 2 N–H and O–H groups in total. The molecule has 0 amide bonds. The normalized spacial score (nSPS) is 10.7. The quantitative estimate of drug-likeness (QED) is 0.399. The van der Waals surface area contributed by atoms with Gasteiger partial charge in [0.2, 0.25) is 0 Å². The van der Waals surface area contributed by atoms with Crippen molar-refractivity contribution in [3.8, 4) is 0 Å². The van der Waals surface area contributed by atoms with Gasteiger partial charge in [0, 0.05) is 29.8 Å². The molecule has 0 aliphatic heterocycles. The molecular formula is C13H14BrN3O. The first-order chi connectivity index (χ1) is 8.74. The van der Waals surface area contributed by atoms with Crippen LogP contribution in [0.3, 0.4) is 0 Å². The molecule has 0 unspecified atom stereocenters. The number of halogens is 1. The van der Waals surface area contributed by atoms with Crippen molar-refractivity contribution in [3.63, 3.8) is 0 Å². The van der Waals surface area contributed by atoms with Crippen molar-refractivity contribution in [3.05, 3.63) is 30.1 Å². The minimum absolute atomic E-state index is 0.0413. The number of unbranched alkanes of at least 4 members (excludes halogenated alkanes) is 1. The second kappa shape index (κ2) is 5.91. The minimum atomic E-state index is 0.0413. The van der Waals surface area contributed by atoms with Gasteiger partial charge in [-0.05, 0) is 25.0 Å². The number of rotatable bonds is 5. The van der Waals surface area contributed by atoms with E-state index >= 15 is 0 Å². The molecule has 2 rings (SSSR count). The van der Waals surface area contributed by atoms with E-state index in [0.717, 1.165) is 18.2 Å². The number of Topliss-reactive ketones (excluding diaryl/α,β-unsaturated/α-hetero) is 1. The van der Waals surface area contributed by atoms with E-state index in [9.17, 15) is 4.79 Å². The summed E-state index contributed by atoms with van der Waals surface area (Å²) in [6.45, 7) is 0. The van der Waals surface area contributed by atoms with Gasteiger partial charge in [0.05, 0.1) is 11.1 Å². The van der Waals surface area contributed by atoms with Gasteiger partial charge < -0.3 is 5.73 Å². The average Bonchev–Trinajstić information content (AvgIpc) is 2.38. The lowest BCUT2D eigenvalue weighted by Gasteiger charge is -2.07. The van der Waals surface area contributed by atoms with E-state index < -0.39 is 0 Å². The van der Waals surface area contributed by atoms with Crippen molar-refractivity contribution in [1.29, 1.82) is 0 Å². The molecule has 0 aliphatic rings. The van der Waals surface area contributed by atoms with E-state index in [1.807, 2.05) is 0 Å². The Morgan fingerprint density at radius 2 is 2.00 bits per heavy atom. The van der Waals surface area contributed by atoms with Crippen LogP contribution in [-0.2, 0) is 0 Å². The summed E-state index contributed by atoms with van der Waals surface area (Å²) in [6, 6.07) is 3.50. The maximum atomic E-state index is 12.2. The lowest BCUT2D eigenvalue weighted by atomic mass is 10.0. The Labute approximate surface area is 114 Å². The number of carbonyl (C=O) groups excluding carboxylic acids is 1. The number of fused-ring (bicyclic) bond motifs is 1. The first kappa shape index (κ1) is 13.0. The summed E-state index contributed by atoms with van der Waals surface area (Å²) < 4.78 is 0. The number of benzene rings is 1. The van der Waals surface area contributed by atoms with Crippen molar-refractivity contribution in [2.75, 3.05) is 11.1 Å². The zero-order chi connectivity index (χ0) is 13.0. The highest BCUT2D eigenvalue weighted by Crippen LogP contribution is 2.23. The molecule has 0 spiro atoms. The summed E-state index contributed by atoms with van der Waals surface area (Å²) in [6.07, 6.45) is 5.50. The zero-order valence-electron chi connectivity index (χ0n) is 9.90. The van der Waals surface area contributed by atoms with Crippen LogP contribution in [0.4, 0.5) is 5.69 Å². The Morgan fingerprint density at radius 1 is 1.22 bits per heavy atom. The topological polar surface area (TPSA) is 68.9 Å². The summed E-state index contributed by atoms with van der Waals surface area (Å²) in [5, 5.41) is 0.908. The number of nitrogen functional groups attached to an aromatic ring is 1. The molecule has 0 saturated heterocycles. The SMILES string of the molecule is Nc1ccc2nccnc2c1C(=O)CCCCBr. The zero-order valence-corrected chi connectivity index (χ0v) is 11.5. The summed E-state index contributed by atoms with van der Waals surface area (Å²) >= 11 is 3.35. The third kappa shape index (κ3) is 2.67. The Balaban J connectivity index is 2.36. The predicted octanol–water partition coefficient (Wildman–Crippen LogP) is 2.96. The fraction of sp³-hybridized carbons (Fsp3) is 0.308. The van der Waals surface area contributed by atoms with Crippen molar-refractivity contribution in [1.82, 2.24) is 9.97 Å². The first-order valence-electron chi connectivity index (χ1n) is 5.82. The van der Waals surface area contributed by atoms with Crippen LogP contribution in [0.15, 0.2) is 24.5 Å². The van der Waals surface area contributed by atoms with E-state index in [1.54, 1.807) is 24.5 Å². The summed E-state index contributed by atoms with van der Waals surface area (Å²) in [5.74, 6) is 0.0413. The molecule has 0 radical (unpaired) electrons. The number of nitrogens with two attached hydrogens (primary N) is 1. The standard InChI is InChI=1S/C13H14BrN3O/c14-6-2-1-3-11(18)12-9(15)4-5-10-13(12)17-8-7-16-10/h4-5,7-8H,1-3,6,15H2. The molecule has 5 heteroatoms. The predicted molar refractivity (Wildman–Crippen MR) is 75.9 cm³/mol. The molecule has 0 aliphatic carbocycles. The average molecular weight is 308 g/mol. The van der Waals surface area contributed by atoms with Crippen LogP contribution in [0.5, 0.6) is 0 Å². The molecule has 94 valence electrons. The van der Waals surface area contributed by atoms with Crippen LogP contribution in [0.1, 0.15) is 29.6 Å². The summed E-state index contributed by atoms with van der Waals surface area (Å²) in [5.41, 5.74) is 8.18. The van der Waals surface area contributed by atoms with Gasteiger partial charge in [-0.25, -0.2) is 0 Å². The van der Waals surface area contributed by atoms with Gasteiger partial charge in [-0.2, -0.15) is 0 Å². The van der Waals surface area contributed by atoms with E-state index in [-0.39, 0.29) is 5.78 Å². The van der Waals surface area contributed by atoms with E-state index in [1.165, 1.54) is 0 Å². The number of alkyl halides is 1. The molecule has 4 nitrogen and oxygen atoms in total. The molecule has 1 heterocycles. The molecule has 0 saturated carbocycles. The fourth-order valence-electron chi connectivity index (χ4n) is 1.85. The monoisotopic (exact) mass is 307 g/mol. The van der Waals surface area contributed by atoms with Crippen molar-refractivity contribution >= 4 is 38.4 Å². The number of hydrogen-bond acceptors (Lipinski definition) is 4. The van der Waals surface area contributed by atoms with Crippen molar-refractivity contribution in [2.45, 2.75) is 19.3 Å². The van der Waals surface area contributed by atoms with Crippen LogP contribution >= 0.6 is 15.9 Å². The number of ketones is 1. The molecule has 1 aromatic carbocycles. The Morgan fingerprint density at radius 3 is 2.78 bits per heavy atom. The van der Waals surface area contributed by atoms with E-state index in [2.05, 4.69) is 25.9 Å². The van der Waals surface area contributed by atoms with Gasteiger partial charge >= 0.3 is 0 Å². The largest absolute Gasteiger partial charge is 0.398 e. The first-order valence-corrected chi connectivity index (χ1v) is 6.94. The Bertz CT molecular complexity index is 571. The number of aromatic nitrogens is 2. The van der Waals surface area contributed by atoms with E-state index in [0.29, 0.717) is 28.7 Å². The molecule has 0 bridgehead atoms. The van der Waals surface area contributed by atoms with Crippen LogP contribution in [0, 0.1) is 0 Å². The lowest BCUT2D eigenvalue weighted by Crippen LogP contribution is -2.06. The van der Waals surface area contributed by atoms with Crippen molar-refractivity contribution in [2.24, 2.45) is 0 Å². The second-order valence-electron chi connectivity index (χ2n) is 4.02.